The molecule has 0 aliphatic carbocycles. The Kier molecular flexibility index (Phi) is 4.21. The van der Waals surface area contributed by atoms with Crippen LogP contribution < -0.4 is 4.90 Å². The molecule has 2 heterocycles. The predicted octanol–water partition coefficient (Wildman–Crippen LogP) is 2.30. The van der Waals surface area contributed by atoms with Crippen LogP contribution in [-0.4, -0.2) is 35.1 Å². The lowest BCUT2D eigenvalue weighted by molar-refractivity contribution is 0.0913. The van der Waals surface area contributed by atoms with Crippen LogP contribution in [0.5, 0.6) is 0 Å². The third-order valence-corrected chi connectivity index (χ3v) is 3.51. The van der Waals surface area contributed by atoms with E-state index in [4.69, 9.17) is 4.74 Å². The first-order valence-electron chi connectivity index (χ1n) is 7.09. The summed E-state index contributed by atoms with van der Waals surface area (Å²) in [6, 6.07) is 9.61. The molecule has 21 heavy (non-hydrogen) atoms. The highest BCUT2D eigenvalue weighted by Gasteiger charge is 2.25. The fraction of sp³-hybridized carbons (Fsp3) is 0.312. The van der Waals surface area contributed by atoms with Crippen molar-refractivity contribution < 1.29 is 9.53 Å². The van der Waals surface area contributed by atoms with E-state index in [1.807, 2.05) is 30.3 Å². The van der Waals surface area contributed by atoms with Crippen molar-refractivity contribution in [1.82, 2.24) is 9.97 Å². The SMILES string of the molecule is O=C(c1cnccn1)N(CC1CCCO1)c1ccccc1. The number of carbonyl (C=O) groups excluding carboxylic acids is 1. The first kappa shape index (κ1) is 13.7. The molecule has 3 rings (SSSR count). The van der Waals surface area contributed by atoms with Crippen LogP contribution in [0.25, 0.3) is 0 Å². The van der Waals surface area contributed by atoms with Crippen LogP contribution in [0.1, 0.15) is 23.3 Å². The maximum atomic E-state index is 12.7. The Morgan fingerprint density at radius 2 is 2.14 bits per heavy atom. The molecule has 2 aromatic rings. The van der Waals surface area contributed by atoms with Gasteiger partial charge in [0.1, 0.15) is 5.69 Å². The first-order chi connectivity index (χ1) is 10.3. The summed E-state index contributed by atoms with van der Waals surface area (Å²) in [6.45, 7) is 1.31. The highest BCUT2D eigenvalue weighted by Crippen LogP contribution is 2.20. The lowest BCUT2D eigenvalue weighted by Crippen LogP contribution is -2.38. The van der Waals surface area contributed by atoms with Gasteiger partial charge in [-0.1, -0.05) is 18.2 Å². The minimum atomic E-state index is -0.148. The summed E-state index contributed by atoms with van der Waals surface area (Å²) >= 11 is 0. The van der Waals surface area contributed by atoms with Crippen molar-refractivity contribution in [1.29, 1.82) is 0 Å². The zero-order valence-corrected chi connectivity index (χ0v) is 11.7. The average Bonchev–Trinajstić information content (AvgIpc) is 3.07. The van der Waals surface area contributed by atoms with Crippen LogP contribution in [0.15, 0.2) is 48.9 Å². The fourth-order valence-electron chi connectivity index (χ4n) is 2.45. The summed E-state index contributed by atoms with van der Waals surface area (Å²) in [5.74, 6) is -0.148. The second kappa shape index (κ2) is 6.45. The lowest BCUT2D eigenvalue weighted by atomic mass is 10.2. The first-order valence-corrected chi connectivity index (χ1v) is 7.09. The smallest absolute Gasteiger partial charge is 0.278 e. The van der Waals surface area contributed by atoms with E-state index in [9.17, 15) is 4.79 Å². The molecule has 5 heteroatoms. The van der Waals surface area contributed by atoms with Crippen molar-refractivity contribution in [2.24, 2.45) is 0 Å². The van der Waals surface area contributed by atoms with Crippen molar-refractivity contribution in [2.45, 2.75) is 18.9 Å². The molecule has 1 saturated heterocycles. The summed E-state index contributed by atoms with van der Waals surface area (Å²) in [5, 5.41) is 0. The van der Waals surface area contributed by atoms with Crippen molar-refractivity contribution in [2.75, 3.05) is 18.1 Å². The second-order valence-electron chi connectivity index (χ2n) is 4.98. The highest BCUT2D eigenvalue weighted by atomic mass is 16.5. The Labute approximate surface area is 123 Å². The van der Waals surface area contributed by atoms with Crippen molar-refractivity contribution >= 4 is 11.6 Å². The average molecular weight is 283 g/mol. The van der Waals surface area contributed by atoms with Crippen molar-refractivity contribution in [3.8, 4) is 0 Å². The van der Waals surface area contributed by atoms with Gasteiger partial charge in [0, 0.05) is 24.7 Å². The van der Waals surface area contributed by atoms with Gasteiger partial charge in [0.25, 0.3) is 5.91 Å². The molecule has 0 bridgehead atoms. The molecule has 1 aromatic carbocycles. The van der Waals surface area contributed by atoms with Crippen LogP contribution in [0.2, 0.25) is 0 Å². The Bertz CT molecular complexity index is 583. The summed E-state index contributed by atoms with van der Waals surface area (Å²) in [7, 11) is 0. The number of para-hydroxylation sites is 1. The second-order valence-corrected chi connectivity index (χ2v) is 4.98. The number of aromatic nitrogens is 2. The maximum Gasteiger partial charge on any atom is 0.278 e. The number of ether oxygens (including phenoxy) is 1. The zero-order valence-electron chi connectivity index (χ0n) is 11.7. The number of hydrogen-bond donors (Lipinski definition) is 0. The van der Waals surface area contributed by atoms with Crippen molar-refractivity contribution in [3.05, 3.63) is 54.6 Å². The van der Waals surface area contributed by atoms with E-state index in [2.05, 4.69) is 9.97 Å². The van der Waals surface area contributed by atoms with Gasteiger partial charge in [0.15, 0.2) is 0 Å². The van der Waals surface area contributed by atoms with Crippen LogP contribution in [-0.2, 0) is 4.74 Å². The molecule has 5 nitrogen and oxygen atoms in total. The Balaban J connectivity index is 1.86. The van der Waals surface area contributed by atoms with Gasteiger partial charge in [-0.2, -0.15) is 0 Å². The number of anilines is 1. The summed E-state index contributed by atoms with van der Waals surface area (Å²) < 4.78 is 5.66. The monoisotopic (exact) mass is 283 g/mol. The largest absolute Gasteiger partial charge is 0.376 e. The van der Waals surface area contributed by atoms with Gasteiger partial charge in [-0.25, -0.2) is 4.98 Å². The number of benzene rings is 1. The summed E-state index contributed by atoms with van der Waals surface area (Å²) in [4.78, 5) is 22.5. The van der Waals surface area contributed by atoms with E-state index in [1.54, 1.807) is 11.1 Å². The number of hydrogen-bond acceptors (Lipinski definition) is 4. The molecule has 1 aromatic heterocycles. The molecule has 1 atom stereocenters. The molecule has 1 unspecified atom stereocenters. The van der Waals surface area contributed by atoms with Crippen LogP contribution in [0.3, 0.4) is 0 Å². The van der Waals surface area contributed by atoms with E-state index < -0.39 is 0 Å². The molecule has 1 amide bonds. The quantitative estimate of drug-likeness (QED) is 0.864. The number of amides is 1. The van der Waals surface area contributed by atoms with E-state index in [-0.39, 0.29) is 12.0 Å². The van der Waals surface area contributed by atoms with Gasteiger partial charge < -0.3 is 9.64 Å². The summed E-state index contributed by atoms with van der Waals surface area (Å²) in [5.41, 5.74) is 1.20. The van der Waals surface area contributed by atoms with Gasteiger partial charge >= 0.3 is 0 Å². The number of rotatable bonds is 4. The van der Waals surface area contributed by atoms with E-state index in [0.29, 0.717) is 12.2 Å². The van der Waals surface area contributed by atoms with Gasteiger partial charge in [0.2, 0.25) is 0 Å². The van der Waals surface area contributed by atoms with Crippen LogP contribution in [0.4, 0.5) is 5.69 Å². The van der Waals surface area contributed by atoms with Crippen molar-refractivity contribution in [3.63, 3.8) is 0 Å². The minimum absolute atomic E-state index is 0.0887. The minimum Gasteiger partial charge on any atom is -0.376 e. The molecular formula is C16H17N3O2. The molecule has 0 spiro atoms. The molecule has 1 aliphatic rings. The molecule has 108 valence electrons. The van der Waals surface area contributed by atoms with Crippen LogP contribution >= 0.6 is 0 Å². The van der Waals surface area contributed by atoms with Gasteiger partial charge in [-0.05, 0) is 25.0 Å². The lowest BCUT2D eigenvalue weighted by Gasteiger charge is -2.25. The van der Waals surface area contributed by atoms with E-state index in [1.165, 1.54) is 12.4 Å². The third kappa shape index (κ3) is 3.25. The Morgan fingerprint density at radius 3 is 2.81 bits per heavy atom. The third-order valence-electron chi connectivity index (χ3n) is 3.51. The maximum absolute atomic E-state index is 12.7. The molecule has 0 saturated carbocycles. The van der Waals surface area contributed by atoms with Crippen LogP contribution in [0, 0.1) is 0 Å². The molecule has 1 fully saturated rings. The van der Waals surface area contributed by atoms with Gasteiger partial charge in [0.05, 0.1) is 18.8 Å². The topological polar surface area (TPSA) is 55.3 Å². The Hall–Kier alpha value is -2.27. The van der Waals surface area contributed by atoms with E-state index >= 15 is 0 Å². The molecule has 1 aliphatic heterocycles. The summed E-state index contributed by atoms with van der Waals surface area (Å²) in [6.07, 6.45) is 6.70. The highest BCUT2D eigenvalue weighted by molar-refractivity contribution is 6.04. The normalized spacial score (nSPS) is 17.6. The fourth-order valence-corrected chi connectivity index (χ4v) is 2.45. The van der Waals surface area contributed by atoms with Gasteiger partial charge in [-0.15, -0.1) is 0 Å². The Morgan fingerprint density at radius 1 is 1.29 bits per heavy atom. The molecule has 0 N–H and O–H groups in total. The predicted molar refractivity (Wildman–Crippen MR) is 79.1 cm³/mol. The number of nitrogens with zero attached hydrogens (tertiary/aromatic N) is 3. The zero-order chi connectivity index (χ0) is 14.5. The van der Waals surface area contributed by atoms with Gasteiger partial charge in [-0.3, -0.25) is 9.78 Å². The van der Waals surface area contributed by atoms with E-state index in [0.717, 1.165) is 25.1 Å². The molecular weight excluding hydrogens is 266 g/mol. The standard InChI is InChI=1S/C16H17N3O2/c20-16(15-11-17-8-9-18-15)19(12-14-7-4-10-21-14)13-5-2-1-3-6-13/h1-3,5-6,8-9,11,14H,4,7,10,12H2. The molecule has 0 radical (unpaired) electrons. The number of carbonyl (C=O) groups is 1.